The predicted octanol–water partition coefficient (Wildman–Crippen LogP) is 4.19. The van der Waals surface area contributed by atoms with Gasteiger partial charge in [-0.05, 0) is 94.6 Å². The van der Waals surface area contributed by atoms with Crippen LogP contribution in [0.1, 0.15) is 61.8 Å². The van der Waals surface area contributed by atoms with Crippen molar-refractivity contribution in [2.24, 2.45) is 11.3 Å². The van der Waals surface area contributed by atoms with Crippen LogP contribution in [0.15, 0.2) is 48.2 Å². The lowest BCUT2D eigenvalue weighted by molar-refractivity contribution is -0.218. The van der Waals surface area contributed by atoms with Crippen molar-refractivity contribution in [2.45, 2.75) is 81.1 Å². The zero-order valence-corrected chi connectivity index (χ0v) is 22.4. The summed E-state index contributed by atoms with van der Waals surface area (Å²) in [5.41, 5.74) is 3.71. The van der Waals surface area contributed by atoms with E-state index in [1.165, 1.54) is 24.0 Å². The lowest BCUT2D eigenvalue weighted by atomic mass is 9.40. The van der Waals surface area contributed by atoms with Crippen molar-refractivity contribution in [3.63, 3.8) is 0 Å². The fourth-order valence-electron chi connectivity index (χ4n) is 9.19. The number of aromatic hydroxyl groups is 1. The maximum atomic E-state index is 12.8. The molecule has 6 aliphatic rings. The van der Waals surface area contributed by atoms with Gasteiger partial charge in [-0.25, -0.2) is 0 Å². The molecule has 2 aliphatic heterocycles. The van der Waals surface area contributed by atoms with E-state index in [1.54, 1.807) is 0 Å². The molecular weight excluding hydrogens is 474 g/mol. The highest BCUT2D eigenvalue weighted by molar-refractivity contribution is 5.63. The quantitative estimate of drug-likeness (QED) is 0.565. The van der Waals surface area contributed by atoms with Crippen LogP contribution in [0.2, 0.25) is 0 Å². The molecule has 0 amide bonds. The molecule has 4 aliphatic carbocycles. The number of hydrogen-bond donors (Lipinski definition) is 2. The number of pyridine rings is 1. The van der Waals surface area contributed by atoms with Gasteiger partial charge in [0.25, 0.3) is 0 Å². The summed E-state index contributed by atoms with van der Waals surface area (Å²) in [6.07, 6.45) is 12.6. The number of nitrogens with zero attached hydrogens (tertiary/aromatic N) is 3. The molecule has 2 bridgehead atoms. The number of phenolic OH excluding ortho intramolecular Hbond substituents is 1. The number of ether oxygens (including phenoxy) is 1. The van der Waals surface area contributed by atoms with Crippen molar-refractivity contribution in [2.75, 3.05) is 26.7 Å². The van der Waals surface area contributed by atoms with Crippen molar-refractivity contribution in [3.8, 4) is 11.5 Å². The van der Waals surface area contributed by atoms with Crippen molar-refractivity contribution >= 4 is 0 Å². The molecule has 1 aromatic carbocycles. The maximum absolute atomic E-state index is 12.8. The van der Waals surface area contributed by atoms with E-state index in [0.717, 1.165) is 81.9 Å². The molecule has 6 nitrogen and oxygen atoms in total. The van der Waals surface area contributed by atoms with Gasteiger partial charge in [0.1, 0.15) is 6.10 Å². The van der Waals surface area contributed by atoms with E-state index < -0.39 is 11.0 Å². The summed E-state index contributed by atoms with van der Waals surface area (Å²) in [4.78, 5) is 9.43. The molecule has 3 heterocycles. The molecule has 2 spiro atoms. The first-order chi connectivity index (χ1) is 18.4. The van der Waals surface area contributed by atoms with Crippen LogP contribution in [0.3, 0.4) is 0 Å². The fourth-order valence-corrected chi connectivity index (χ4v) is 9.19. The van der Waals surface area contributed by atoms with Gasteiger partial charge in [-0.15, -0.1) is 0 Å². The largest absolute Gasteiger partial charge is 0.504 e. The molecule has 2 N–H and O–H groups in total. The highest BCUT2D eigenvalue weighted by atomic mass is 16.5. The first-order valence-corrected chi connectivity index (χ1v) is 14.7. The van der Waals surface area contributed by atoms with Crippen LogP contribution >= 0.6 is 0 Å². The van der Waals surface area contributed by atoms with Gasteiger partial charge < -0.3 is 14.9 Å². The predicted molar refractivity (Wildman–Crippen MR) is 145 cm³/mol. The SMILES string of the molecule is CN(C/C=C1\CC[C@]12CC[C@@]1(O)[C@H]3Cc4ccc(O)c5c4[C@@]1(CCN3CC1CC1)[C@H]2O5)Cc1ccccn1. The average Bonchev–Trinajstić information content (AvgIpc) is 3.64. The Labute approximate surface area is 225 Å². The molecule has 0 unspecified atom stereocenters. The Balaban J connectivity index is 1.15. The second-order valence-electron chi connectivity index (χ2n) is 13.2. The summed E-state index contributed by atoms with van der Waals surface area (Å²) < 4.78 is 6.90. The van der Waals surface area contributed by atoms with Gasteiger partial charge >= 0.3 is 0 Å². The lowest BCUT2D eigenvalue weighted by Crippen LogP contribution is -2.78. The highest BCUT2D eigenvalue weighted by Crippen LogP contribution is 2.72. The number of likely N-dealkylation sites (tertiary alicyclic amines) is 1. The molecule has 1 aromatic heterocycles. The molecule has 0 radical (unpaired) electrons. The minimum absolute atomic E-state index is 0.0542. The summed E-state index contributed by atoms with van der Waals surface area (Å²) in [5.74, 6) is 1.71. The number of hydrogen-bond acceptors (Lipinski definition) is 6. The average molecular weight is 514 g/mol. The molecule has 5 atom stereocenters. The van der Waals surface area contributed by atoms with Crippen LogP contribution in [-0.4, -0.2) is 69.4 Å². The van der Waals surface area contributed by atoms with Crippen LogP contribution in [0.5, 0.6) is 11.5 Å². The summed E-state index contributed by atoms with van der Waals surface area (Å²) in [6.45, 7) is 3.83. The van der Waals surface area contributed by atoms with Crippen LogP contribution in [0.4, 0.5) is 0 Å². The second-order valence-corrected chi connectivity index (χ2v) is 13.2. The zero-order chi connectivity index (χ0) is 25.7. The van der Waals surface area contributed by atoms with Crippen molar-refractivity contribution < 1.29 is 14.9 Å². The summed E-state index contributed by atoms with van der Waals surface area (Å²) in [7, 11) is 2.16. The molecule has 8 rings (SSSR count). The van der Waals surface area contributed by atoms with Gasteiger partial charge in [-0.2, -0.15) is 0 Å². The number of aromatic nitrogens is 1. The van der Waals surface area contributed by atoms with E-state index in [9.17, 15) is 10.2 Å². The van der Waals surface area contributed by atoms with E-state index >= 15 is 0 Å². The van der Waals surface area contributed by atoms with E-state index in [0.29, 0.717) is 5.75 Å². The molecule has 200 valence electrons. The number of likely N-dealkylation sites (N-methyl/N-ethyl adjacent to an activating group) is 1. The topological polar surface area (TPSA) is 69.1 Å². The van der Waals surface area contributed by atoms with Crippen LogP contribution < -0.4 is 4.74 Å². The monoisotopic (exact) mass is 513 g/mol. The normalized spacial score (nSPS) is 37.8. The van der Waals surface area contributed by atoms with Crippen LogP contribution in [0.25, 0.3) is 0 Å². The number of phenols is 1. The Hall–Kier alpha value is -2.41. The van der Waals surface area contributed by atoms with Crippen molar-refractivity contribution in [1.82, 2.24) is 14.8 Å². The van der Waals surface area contributed by atoms with Gasteiger partial charge in [0.05, 0.1) is 16.7 Å². The van der Waals surface area contributed by atoms with Gasteiger partial charge in [-0.1, -0.05) is 23.8 Å². The molecule has 38 heavy (non-hydrogen) atoms. The molecule has 2 aromatic rings. The van der Waals surface area contributed by atoms with Crippen LogP contribution in [-0.2, 0) is 18.4 Å². The number of aliphatic hydroxyl groups is 1. The van der Waals surface area contributed by atoms with E-state index in [2.05, 4.69) is 40.0 Å². The van der Waals surface area contributed by atoms with Gasteiger partial charge in [0, 0.05) is 42.9 Å². The molecule has 6 heteroatoms. The zero-order valence-electron chi connectivity index (χ0n) is 22.4. The highest BCUT2D eigenvalue weighted by Gasteiger charge is 2.77. The third kappa shape index (κ3) is 3.03. The Morgan fingerprint density at radius 2 is 2.05 bits per heavy atom. The molecule has 3 saturated carbocycles. The van der Waals surface area contributed by atoms with Crippen molar-refractivity contribution in [3.05, 3.63) is 65.0 Å². The second kappa shape index (κ2) is 8.06. The van der Waals surface area contributed by atoms with Gasteiger partial charge in [-0.3, -0.25) is 14.8 Å². The fraction of sp³-hybridized carbons (Fsp3) is 0.594. The smallest absolute Gasteiger partial charge is 0.165 e. The van der Waals surface area contributed by atoms with Gasteiger partial charge in [0.2, 0.25) is 0 Å². The Bertz CT molecular complexity index is 1310. The number of rotatable bonds is 6. The summed E-state index contributed by atoms with van der Waals surface area (Å²) in [6, 6.07) is 10.2. The Morgan fingerprint density at radius 1 is 1.16 bits per heavy atom. The summed E-state index contributed by atoms with van der Waals surface area (Å²) >= 11 is 0. The Morgan fingerprint density at radius 3 is 2.82 bits per heavy atom. The third-order valence-corrected chi connectivity index (χ3v) is 11.3. The van der Waals surface area contributed by atoms with Gasteiger partial charge in [0.15, 0.2) is 11.5 Å². The van der Waals surface area contributed by atoms with E-state index in [4.69, 9.17) is 4.74 Å². The van der Waals surface area contributed by atoms with E-state index in [-0.39, 0.29) is 23.3 Å². The minimum atomic E-state index is -0.807. The molecule has 1 saturated heterocycles. The summed E-state index contributed by atoms with van der Waals surface area (Å²) in [5, 5.41) is 23.8. The van der Waals surface area contributed by atoms with Crippen molar-refractivity contribution in [1.29, 1.82) is 0 Å². The van der Waals surface area contributed by atoms with Crippen LogP contribution in [0, 0.1) is 11.3 Å². The standard InChI is InChI=1S/C32H39N3O3/c1-34(20-24-4-2-3-15-33-24)16-10-23-9-11-30(23)12-13-32(37)26-18-22-7-8-25(36)28-27(22)31(32,29(30)38-28)14-17-35(26)19-21-5-6-21/h2-4,7-8,10,15,21,26,29,36-37H,5-6,9,11-14,16-20H2,1H3/b23-10+/t26-,29+,30+,31+,32-/m1/s1. The lowest BCUT2D eigenvalue weighted by Gasteiger charge is -2.68. The maximum Gasteiger partial charge on any atom is 0.165 e. The number of fused-ring (bicyclic) bond motifs is 1. The third-order valence-electron chi connectivity index (χ3n) is 11.3. The Kier molecular flexibility index (Phi) is 4.98. The number of benzene rings is 1. The number of piperidine rings is 1. The first-order valence-electron chi connectivity index (χ1n) is 14.7. The molecule has 4 fully saturated rings. The minimum Gasteiger partial charge on any atom is -0.504 e. The molecular formula is C32H39N3O3. The van der Waals surface area contributed by atoms with E-state index in [1.807, 2.05) is 24.4 Å². The first kappa shape index (κ1) is 23.5.